The molecule has 1 saturated heterocycles. The first-order valence-electron chi connectivity index (χ1n) is 5.62. The van der Waals surface area contributed by atoms with Crippen LogP contribution < -0.4 is 5.32 Å². The maximum absolute atomic E-state index is 11.8. The van der Waals surface area contributed by atoms with E-state index >= 15 is 0 Å². The van der Waals surface area contributed by atoms with Crippen molar-refractivity contribution in [3.63, 3.8) is 0 Å². The van der Waals surface area contributed by atoms with Gasteiger partial charge in [-0.05, 0) is 32.9 Å². The zero-order chi connectivity index (χ0) is 12.2. The number of hydrogen-bond donors (Lipinski definition) is 1. The van der Waals surface area contributed by atoms with E-state index in [0.717, 1.165) is 32.2 Å². The molecular weight excluding hydrogens is 228 g/mol. The van der Waals surface area contributed by atoms with Gasteiger partial charge in [-0.2, -0.15) is 0 Å². The van der Waals surface area contributed by atoms with Crippen LogP contribution in [0.4, 0.5) is 0 Å². The maximum Gasteiger partial charge on any atom is 0.237 e. The van der Waals surface area contributed by atoms with Crippen molar-refractivity contribution in [3.05, 3.63) is 0 Å². The summed E-state index contributed by atoms with van der Waals surface area (Å²) in [5, 5.41) is 3.22. The van der Waals surface area contributed by atoms with E-state index in [-0.39, 0.29) is 17.7 Å². The van der Waals surface area contributed by atoms with Gasteiger partial charge in [-0.15, -0.1) is 0 Å². The van der Waals surface area contributed by atoms with Crippen molar-refractivity contribution in [1.29, 1.82) is 0 Å². The molecule has 1 rings (SSSR count). The van der Waals surface area contributed by atoms with Gasteiger partial charge in [0.15, 0.2) is 9.84 Å². The van der Waals surface area contributed by atoms with Gasteiger partial charge in [0.1, 0.15) is 5.75 Å². The summed E-state index contributed by atoms with van der Waals surface area (Å²) in [6.45, 7) is 4.27. The molecule has 1 fully saturated rings. The lowest BCUT2D eigenvalue weighted by Crippen LogP contribution is -2.47. The largest absolute Gasteiger partial charge is 0.339 e. The molecule has 5 nitrogen and oxygen atoms in total. The van der Waals surface area contributed by atoms with E-state index in [0.29, 0.717) is 6.54 Å². The second-order valence-electron chi connectivity index (χ2n) is 4.23. The van der Waals surface area contributed by atoms with E-state index < -0.39 is 9.84 Å². The number of piperidine rings is 1. The third-order valence-electron chi connectivity index (χ3n) is 2.80. The van der Waals surface area contributed by atoms with Gasteiger partial charge in [0.2, 0.25) is 5.91 Å². The lowest BCUT2D eigenvalue weighted by atomic mass is 10.0. The molecule has 0 bridgehead atoms. The van der Waals surface area contributed by atoms with Crippen LogP contribution in [0.5, 0.6) is 0 Å². The van der Waals surface area contributed by atoms with Gasteiger partial charge >= 0.3 is 0 Å². The predicted molar refractivity (Wildman–Crippen MR) is 63.0 cm³/mol. The quantitative estimate of drug-likeness (QED) is 0.737. The molecule has 0 unspecified atom stereocenters. The fraction of sp³-hybridized carbons (Fsp3) is 0.900. The molecule has 0 aromatic carbocycles. The molecule has 94 valence electrons. The SMILES string of the molecule is CCN(C(=O)CS(C)(=O)=O)C1CCNCC1. The van der Waals surface area contributed by atoms with Gasteiger partial charge in [-0.1, -0.05) is 0 Å². The average Bonchev–Trinajstić information content (AvgIpc) is 2.17. The lowest BCUT2D eigenvalue weighted by Gasteiger charge is -2.33. The Labute approximate surface area is 97.1 Å². The molecule has 1 aliphatic rings. The molecule has 0 radical (unpaired) electrons. The summed E-state index contributed by atoms with van der Waals surface area (Å²) >= 11 is 0. The van der Waals surface area contributed by atoms with E-state index in [2.05, 4.69) is 5.32 Å². The smallest absolute Gasteiger partial charge is 0.237 e. The number of carbonyl (C=O) groups excluding carboxylic acids is 1. The standard InChI is InChI=1S/C10H20N2O3S/c1-3-12(9-4-6-11-7-5-9)10(13)8-16(2,14)15/h9,11H,3-8H2,1-2H3. The topological polar surface area (TPSA) is 66.5 Å². The molecule has 16 heavy (non-hydrogen) atoms. The minimum Gasteiger partial charge on any atom is -0.339 e. The Bertz CT molecular complexity index is 334. The van der Waals surface area contributed by atoms with Gasteiger partial charge in [-0.3, -0.25) is 4.79 Å². The van der Waals surface area contributed by atoms with Crippen molar-refractivity contribution >= 4 is 15.7 Å². The number of amides is 1. The molecule has 1 heterocycles. The average molecular weight is 248 g/mol. The van der Waals surface area contributed by atoms with E-state index in [1.54, 1.807) is 4.90 Å². The Morgan fingerprint density at radius 1 is 1.38 bits per heavy atom. The van der Waals surface area contributed by atoms with Crippen LogP contribution in [0.1, 0.15) is 19.8 Å². The van der Waals surface area contributed by atoms with E-state index in [1.807, 2.05) is 6.92 Å². The number of nitrogens with zero attached hydrogens (tertiary/aromatic N) is 1. The second kappa shape index (κ2) is 5.63. The van der Waals surface area contributed by atoms with Crippen molar-refractivity contribution in [2.75, 3.05) is 31.6 Å². The summed E-state index contributed by atoms with van der Waals surface area (Å²) in [6, 6.07) is 0.195. The highest BCUT2D eigenvalue weighted by Gasteiger charge is 2.25. The van der Waals surface area contributed by atoms with Crippen LogP contribution in [-0.4, -0.2) is 56.9 Å². The fourth-order valence-electron chi connectivity index (χ4n) is 2.06. The number of hydrogen-bond acceptors (Lipinski definition) is 4. The molecule has 0 aliphatic carbocycles. The Kier molecular flexibility index (Phi) is 4.73. The fourth-order valence-corrected chi connectivity index (χ4v) is 2.68. The van der Waals surface area contributed by atoms with Gasteiger partial charge < -0.3 is 10.2 Å². The highest BCUT2D eigenvalue weighted by molar-refractivity contribution is 7.91. The van der Waals surface area contributed by atoms with Crippen LogP contribution in [0.15, 0.2) is 0 Å². The van der Waals surface area contributed by atoms with Crippen LogP contribution in [-0.2, 0) is 14.6 Å². The van der Waals surface area contributed by atoms with Crippen LogP contribution >= 0.6 is 0 Å². The summed E-state index contributed by atoms with van der Waals surface area (Å²) in [5.74, 6) is -0.637. The van der Waals surface area contributed by atoms with Gasteiger partial charge in [-0.25, -0.2) is 8.42 Å². The predicted octanol–water partition coefficient (Wildman–Crippen LogP) is -0.368. The van der Waals surface area contributed by atoms with Crippen LogP contribution in [0.25, 0.3) is 0 Å². The lowest BCUT2D eigenvalue weighted by molar-refractivity contribution is -0.131. The molecule has 0 aromatic rings. The van der Waals surface area contributed by atoms with E-state index in [1.165, 1.54) is 0 Å². The first-order valence-corrected chi connectivity index (χ1v) is 7.68. The molecule has 0 spiro atoms. The molecular formula is C10H20N2O3S. The third-order valence-corrected chi connectivity index (χ3v) is 3.57. The zero-order valence-electron chi connectivity index (χ0n) is 9.90. The van der Waals surface area contributed by atoms with Crippen molar-refractivity contribution in [2.24, 2.45) is 0 Å². The Hall–Kier alpha value is -0.620. The first kappa shape index (κ1) is 13.4. The second-order valence-corrected chi connectivity index (χ2v) is 6.37. The first-order chi connectivity index (χ1) is 7.44. The van der Waals surface area contributed by atoms with Crippen molar-refractivity contribution < 1.29 is 13.2 Å². The molecule has 0 atom stereocenters. The number of sulfone groups is 1. The molecule has 1 aliphatic heterocycles. The minimum absolute atomic E-state index is 0.195. The normalized spacial score (nSPS) is 18.4. The number of nitrogens with one attached hydrogen (secondary N) is 1. The summed E-state index contributed by atoms with van der Waals surface area (Å²) in [7, 11) is -3.22. The number of rotatable bonds is 4. The summed E-state index contributed by atoms with van der Waals surface area (Å²) in [6.07, 6.45) is 2.91. The number of carbonyl (C=O) groups is 1. The van der Waals surface area contributed by atoms with Crippen molar-refractivity contribution in [3.8, 4) is 0 Å². The van der Waals surface area contributed by atoms with E-state index in [4.69, 9.17) is 0 Å². The maximum atomic E-state index is 11.8. The molecule has 0 aromatic heterocycles. The Balaban J connectivity index is 2.62. The van der Waals surface area contributed by atoms with Crippen molar-refractivity contribution in [1.82, 2.24) is 10.2 Å². The summed E-state index contributed by atoms with van der Waals surface area (Å²) < 4.78 is 22.2. The molecule has 0 saturated carbocycles. The highest BCUT2D eigenvalue weighted by atomic mass is 32.2. The third kappa shape index (κ3) is 4.09. The Morgan fingerprint density at radius 3 is 2.38 bits per heavy atom. The van der Waals surface area contributed by atoms with Crippen LogP contribution in [0.3, 0.4) is 0 Å². The molecule has 1 amide bonds. The highest BCUT2D eigenvalue weighted by Crippen LogP contribution is 2.12. The molecule has 6 heteroatoms. The summed E-state index contributed by atoms with van der Waals surface area (Å²) in [5.41, 5.74) is 0. The zero-order valence-corrected chi connectivity index (χ0v) is 10.7. The van der Waals surface area contributed by atoms with Crippen LogP contribution in [0.2, 0.25) is 0 Å². The van der Waals surface area contributed by atoms with E-state index in [9.17, 15) is 13.2 Å². The van der Waals surface area contributed by atoms with Crippen LogP contribution in [0, 0.1) is 0 Å². The van der Waals surface area contributed by atoms with Gasteiger partial charge in [0, 0.05) is 18.8 Å². The van der Waals surface area contributed by atoms with Gasteiger partial charge in [0.05, 0.1) is 0 Å². The van der Waals surface area contributed by atoms with Crippen molar-refractivity contribution in [2.45, 2.75) is 25.8 Å². The van der Waals surface area contributed by atoms with Gasteiger partial charge in [0.25, 0.3) is 0 Å². The Morgan fingerprint density at radius 2 is 1.94 bits per heavy atom. The summed E-state index contributed by atoms with van der Waals surface area (Å²) in [4.78, 5) is 13.5. The monoisotopic (exact) mass is 248 g/mol. The minimum atomic E-state index is -3.22. The molecule has 1 N–H and O–H groups in total.